The van der Waals surface area contributed by atoms with E-state index in [9.17, 15) is 9.18 Å². The molecule has 0 saturated heterocycles. The average molecular weight is 247 g/mol. The molecule has 0 radical (unpaired) electrons. The van der Waals surface area contributed by atoms with Crippen molar-refractivity contribution in [3.8, 4) is 6.07 Å². The highest BCUT2D eigenvalue weighted by molar-refractivity contribution is 6.18. The zero-order valence-electron chi connectivity index (χ0n) is 9.51. The Morgan fingerprint density at radius 3 is 2.72 bits per heavy atom. The van der Waals surface area contributed by atoms with Crippen LogP contribution in [0.4, 0.5) is 10.1 Å². The SMILES string of the molecule is CC(=Nc1ccc(C#N)cc1F)C(=CN)C(=O)O. The van der Waals surface area contributed by atoms with E-state index in [1.54, 1.807) is 6.07 Å². The van der Waals surface area contributed by atoms with Gasteiger partial charge < -0.3 is 10.8 Å². The van der Waals surface area contributed by atoms with Crippen LogP contribution in [0.3, 0.4) is 0 Å². The maximum absolute atomic E-state index is 13.5. The van der Waals surface area contributed by atoms with Gasteiger partial charge in [0.2, 0.25) is 0 Å². The molecule has 1 aromatic rings. The van der Waals surface area contributed by atoms with Crippen LogP contribution in [0.15, 0.2) is 35.0 Å². The quantitative estimate of drug-likeness (QED) is 0.627. The van der Waals surface area contributed by atoms with Crippen molar-refractivity contribution in [2.45, 2.75) is 6.92 Å². The second kappa shape index (κ2) is 5.59. The number of rotatable bonds is 3. The lowest BCUT2D eigenvalue weighted by atomic mass is 10.1. The van der Waals surface area contributed by atoms with Gasteiger partial charge in [0.25, 0.3) is 0 Å². The fourth-order valence-electron chi connectivity index (χ4n) is 1.25. The van der Waals surface area contributed by atoms with Crippen LogP contribution >= 0.6 is 0 Å². The van der Waals surface area contributed by atoms with Crippen LogP contribution in [0.5, 0.6) is 0 Å². The van der Waals surface area contributed by atoms with E-state index in [1.807, 2.05) is 0 Å². The number of aliphatic carboxylic acids is 1. The van der Waals surface area contributed by atoms with Crippen molar-refractivity contribution in [1.82, 2.24) is 0 Å². The fraction of sp³-hybridized carbons (Fsp3) is 0.0833. The molecule has 0 unspecified atom stereocenters. The van der Waals surface area contributed by atoms with Gasteiger partial charge >= 0.3 is 5.97 Å². The number of carboxylic acids is 1. The minimum atomic E-state index is -1.24. The van der Waals surface area contributed by atoms with Crippen molar-refractivity contribution in [3.05, 3.63) is 41.4 Å². The number of aliphatic imine (C=N–C) groups is 1. The number of nitrogens with zero attached hydrogens (tertiary/aromatic N) is 2. The Morgan fingerprint density at radius 2 is 2.28 bits per heavy atom. The predicted molar refractivity (Wildman–Crippen MR) is 63.8 cm³/mol. The lowest BCUT2D eigenvalue weighted by molar-refractivity contribution is -0.132. The molecule has 0 fully saturated rings. The van der Waals surface area contributed by atoms with Gasteiger partial charge in [0.15, 0.2) is 0 Å². The number of carboxylic acid groups (broad SMARTS) is 1. The third-order valence-corrected chi connectivity index (χ3v) is 2.15. The Bertz CT molecular complexity index is 585. The van der Waals surface area contributed by atoms with Crippen LogP contribution in [0.25, 0.3) is 0 Å². The van der Waals surface area contributed by atoms with Gasteiger partial charge in [-0.05, 0) is 25.1 Å². The molecule has 0 aliphatic carbocycles. The van der Waals surface area contributed by atoms with E-state index < -0.39 is 11.8 Å². The van der Waals surface area contributed by atoms with Crippen LogP contribution < -0.4 is 5.73 Å². The van der Waals surface area contributed by atoms with Crippen LogP contribution in [-0.2, 0) is 4.79 Å². The first-order chi connectivity index (χ1) is 8.49. The highest BCUT2D eigenvalue weighted by Crippen LogP contribution is 2.20. The second-order valence-corrected chi connectivity index (χ2v) is 3.36. The van der Waals surface area contributed by atoms with E-state index in [4.69, 9.17) is 16.1 Å². The summed E-state index contributed by atoms with van der Waals surface area (Å²) in [7, 11) is 0. The van der Waals surface area contributed by atoms with Gasteiger partial charge in [-0.15, -0.1) is 0 Å². The van der Waals surface area contributed by atoms with Crippen molar-refractivity contribution >= 4 is 17.4 Å². The topological polar surface area (TPSA) is 99.5 Å². The lowest BCUT2D eigenvalue weighted by Gasteiger charge is -2.02. The maximum atomic E-state index is 13.5. The fourth-order valence-corrected chi connectivity index (χ4v) is 1.25. The number of hydrogen-bond donors (Lipinski definition) is 2. The number of halogens is 1. The van der Waals surface area contributed by atoms with Crippen LogP contribution in [0.1, 0.15) is 12.5 Å². The molecular weight excluding hydrogens is 237 g/mol. The zero-order chi connectivity index (χ0) is 13.7. The van der Waals surface area contributed by atoms with Crippen molar-refractivity contribution in [1.29, 1.82) is 5.26 Å². The third kappa shape index (κ3) is 2.92. The first kappa shape index (κ1) is 13.4. The molecule has 18 heavy (non-hydrogen) atoms. The molecule has 0 aliphatic rings. The second-order valence-electron chi connectivity index (χ2n) is 3.36. The van der Waals surface area contributed by atoms with Gasteiger partial charge in [-0.25, -0.2) is 14.2 Å². The van der Waals surface area contributed by atoms with Crippen molar-refractivity contribution in [2.75, 3.05) is 0 Å². The molecule has 0 aromatic heterocycles. The molecule has 5 nitrogen and oxygen atoms in total. The first-order valence-electron chi connectivity index (χ1n) is 4.90. The van der Waals surface area contributed by atoms with Gasteiger partial charge in [0.05, 0.1) is 28.6 Å². The summed E-state index contributed by atoms with van der Waals surface area (Å²) >= 11 is 0. The molecule has 1 rings (SSSR count). The zero-order valence-corrected chi connectivity index (χ0v) is 9.51. The summed E-state index contributed by atoms with van der Waals surface area (Å²) < 4.78 is 13.5. The summed E-state index contributed by atoms with van der Waals surface area (Å²) in [5.74, 6) is -1.94. The largest absolute Gasteiger partial charge is 0.478 e. The van der Waals surface area contributed by atoms with E-state index in [-0.39, 0.29) is 22.5 Å². The summed E-state index contributed by atoms with van der Waals surface area (Å²) in [6.45, 7) is 1.41. The minimum Gasteiger partial charge on any atom is -0.478 e. The van der Waals surface area contributed by atoms with E-state index in [0.29, 0.717) is 0 Å². The van der Waals surface area contributed by atoms with Gasteiger partial charge in [-0.1, -0.05) is 0 Å². The van der Waals surface area contributed by atoms with E-state index >= 15 is 0 Å². The standard InChI is InChI=1S/C12H10FN3O2/c1-7(9(6-15)12(17)18)16-11-3-2-8(5-14)4-10(11)13/h2-4,6H,15H2,1H3,(H,17,18). The van der Waals surface area contributed by atoms with Crippen molar-refractivity contribution in [2.24, 2.45) is 10.7 Å². The number of carbonyl (C=O) groups is 1. The summed E-state index contributed by atoms with van der Waals surface area (Å²) in [6, 6.07) is 5.50. The third-order valence-electron chi connectivity index (χ3n) is 2.15. The summed E-state index contributed by atoms with van der Waals surface area (Å²) in [6.07, 6.45) is 0.892. The lowest BCUT2D eigenvalue weighted by Crippen LogP contribution is -2.11. The van der Waals surface area contributed by atoms with Gasteiger partial charge in [0.1, 0.15) is 5.82 Å². The molecule has 0 bridgehead atoms. The van der Waals surface area contributed by atoms with Gasteiger partial charge in [-0.2, -0.15) is 5.26 Å². The molecule has 0 atom stereocenters. The summed E-state index contributed by atoms with van der Waals surface area (Å²) in [5, 5.41) is 17.4. The molecule has 0 aliphatic heterocycles. The van der Waals surface area contributed by atoms with Crippen molar-refractivity contribution in [3.63, 3.8) is 0 Å². The molecule has 0 spiro atoms. The number of nitrogens with two attached hydrogens (primary N) is 1. The molecule has 92 valence electrons. The Kier molecular flexibility index (Phi) is 4.16. The maximum Gasteiger partial charge on any atom is 0.339 e. The van der Waals surface area contributed by atoms with Crippen LogP contribution in [0.2, 0.25) is 0 Å². The summed E-state index contributed by atoms with van der Waals surface area (Å²) in [5.41, 5.74) is 5.13. The smallest absolute Gasteiger partial charge is 0.339 e. The molecule has 0 heterocycles. The Hall–Kier alpha value is -2.68. The first-order valence-corrected chi connectivity index (χ1v) is 4.90. The Morgan fingerprint density at radius 1 is 1.61 bits per heavy atom. The summed E-state index contributed by atoms with van der Waals surface area (Å²) in [4.78, 5) is 14.6. The van der Waals surface area contributed by atoms with E-state index in [2.05, 4.69) is 4.99 Å². The molecule has 6 heteroatoms. The highest BCUT2D eigenvalue weighted by Gasteiger charge is 2.11. The predicted octanol–water partition coefficient (Wildman–Crippen LogP) is 1.72. The Balaban J connectivity index is 3.18. The van der Waals surface area contributed by atoms with E-state index in [1.165, 1.54) is 19.1 Å². The van der Waals surface area contributed by atoms with Crippen LogP contribution in [-0.4, -0.2) is 16.8 Å². The number of nitriles is 1. The van der Waals surface area contributed by atoms with Gasteiger partial charge in [0, 0.05) is 6.20 Å². The molecule has 0 amide bonds. The molecular formula is C12H10FN3O2. The van der Waals surface area contributed by atoms with Crippen LogP contribution in [0, 0.1) is 17.1 Å². The number of hydrogen-bond acceptors (Lipinski definition) is 4. The molecule has 0 saturated carbocycles. The van der Waals surface area contributed by atoms with E-state index in [0.717, 1.165) is 12.3 Å². The minimum absolute atomic E-state index is 0.0490. The average Bonchev–Trinajstić information content (AvgIpc) is 2.32. The molecule has 1 aromatic carbocycles. The van der Waals surface area contributed by atoms with Gasteiger partial charge in [-0.3, -0.25) is 0 Å². The van der Waals surface area contributed by atoms with Crippen molar-refractivity contribution < 1.29 is 14.3 Å². The monoisotopic (exact) mass is 247 g/mol. The number of benzene rings is 1. The Labute approximate surface area is 103 Å². The normalized spacial score (nSPS) is 12.1. The molecule has 3 N–H and O–H groups in total. The highest BCUT2D eigenvalue weighted by atomic mass is 19.1.